The van der Waals surface area contributed by atoms with E-state index in [9.17, 15) is 4.79 Å². The normalized spacial score (nSPS) is 16.3. The Kier molecular flexibility index (Phi) is 6.03. The van der Waals surface area contributed by atoms with Crippen molar-refractivity contribution in [2.45, 2.75) is 71.1 Å². The summed E-state index contributed by atoms with van der Waals surface area (Å²) in [5.41, 5.74) is 6.18. The summed E-state index contributed by atoms with van der Waals surface area (Å²) in [5, 5.41) is 7.71. The number of carbonyl (C=O) groups excluding carboxylic acids is 1. The number of nitrogens with zero attached hydrogens (tertiary/aromatic N) is 2. The van der Waals surface area contributed by atoms with Crippen molar-refractivity contribution >= 4 is 5.91 Å². The fourth-order valence-electron chi connectivity index (χ4n) is 4.54. The summed E-state index contributed by atoms with van der Waals surface area (Å²) in [4.78, 5) is 12.6. The molecule has 4 heteroatoms. The molecule has 1 heterocycles. The predicted octanol–water partition coefficient (Wildman–Crippen LogP) is 4.30. The van der Waals surface area contributed by atoms with E-state index in [4.69, 9.17) is 0 Å². The van der Waals surface area contributed by atoms with Gasteiger partial charge in [-0.1, -0.05) is 49.1 Å². The van der Waals surface area contributed by atoms with Gasteiger partial charge in [-0.05, 0) is 51.2 Å². The van der Waals surface area contributed by atoms with Gasteiger partial charge in [0.05, 0.1) is 5.69 Å². The van der Waals surface area contributed by atoms with Crippen molar-refractivity contribution in [2.75, 3.05) is 6.54 Å². The van der Waals surface area contributed by atoms with Crippen LogP contribution < -0.4 is 5.32 Å². The molecular formula is C23H33N3O. The Balaban J connectivity index is 1.64. The molecule has 1 aliphatic carbocycles. The van der Waals surface area contributed by atoms with E-state index >= 15 is 0 Å². The standard InChI is InChI=1S/C23H33N3O/c1-17-9-8-10-20(15-17)23(13-6-5-7-14-23)16-24-22(27)12-11-21-18(2)25-26(4)19(21)3/h8-10,15H,5-7,11-14,16H2,1-4H3,(H,24,27). The van der Waals surface area contributed by atoms with Gasteiger partial charge < -0.3 is 5.32 Å². The van der Waals surface area contributed by atoms with Gasteiger partial charge in [0.15, 0.2) is 0 Å². The maximum Gasteiger partial charge on any atom is 0.220 e. The Morgan fingerprint density at radius 2 is 1.93 bits per heavy atom. The average Bonchev–Trinajstić information content (AvgIpc) is 2.91. The van der Waals surface area contributed by atoms with Gasteiger partial charge in [-0.2, -0.15) is 5.10 Å². The van der Waals surface area contributed by atoms with E-state index < -0.39 is 0 Å². The molecule has 1 aliphatic rings. The minimum atomic E-state index is 0.0973. The zero-order valence-corrected chi connectivity index (χ0v) is 17.3. The van der Waals surface area contributed by atoms with Gasteiger partial charge in [0.1, 0.15) is 0 Å². The van der Waals surface area contributed by atoms with Crippen molar-refractivity contribution in [3.8, 4) is 0 Å². The number of aryl methyl sites for hydroxylation is 3. The van der Waals surface area contributed by atoms with Gasteiger partial charge in [-0.15, -0.1) is 0 Å². The molecule has 1 N–H and O–H groups in total. The Bertz CT molecular complexity index is 800. The third-order valence-corrected chi connectivity index (χ3v) is 6.33. The number of aromatic nitrogens is 2. The van der Waals surface area contributed by atoms with Crippen LogP contribution in [0.3, 0.4) is 0 Å². The SMILES string of the molecule is Cc1cccc(C2(CNC(=O)CCc3c(C)nn(C)c3C)CCCCC2)c1. The third-order valence-electron chi connectivity index (χ3n) is 6.33. The summed E-state index contributed by atoms with van der Waals surface area (Å²) in [6.07, 6.45) is 7.41. The highest BCUT2D eigenvalue weighted by Crippen LogP contribution is 2.39. The van der Waals surface area contributed by atoms with E-state index in [0.717, 1.165) is 37.2 Å². The largest absolute Gasteiger partial charge is 0.355 e. The lowest BCUT2D eigenvalue weighted by atomic mass is 9.69. The molecule has 2 aromatic rings. The smallest absolute Gasteiger partial charge is 0.220 e. The van der Waals surface area contributed by atoms with E-state index in [2.05, 4.69) is 48.5 Å². The molecule has 3 rings (SSSR count). The highest BCUT2D eigenvalue weighted by Gasteiger charge is 2.34. The molecule has 0 atom stereocenters. The Morgan fingerprint density at radius 1 is 1.19 bits per heavy atom. The summed E-state index contributed by atoms with van der Waals surface area (Å²) in [6, 6.07) is 8.85. The number of hydrogen-bond acceptors (Lipinski definition) is 2. The molecule has 1 amide bonds. The molecule has 0 unspecified atom stereocenters. The molecule has 1 aromatic heterocycles. The van der Waals surface area contributed by atoms with Crippen molar-refractivity contribution in [1.82, 2.24) is 15.1 Å². The van der Waals surface area contributed by atoms with E-state index in [1.165, 1.54) is 36.0 Å². The van der Waals surface area contributed by atoms with E-state index in [-0.39, 0.29) is 11.3 Å². The zero-order chi connectivity index (χ0) is 19.4. The topological polar surface area (TPSA) is 46.9 Å². The summed E-state index contributed by atoms with van der Waals surface area (Å²) in [5.74, 6) is 0.148. The number of nitrogens with one attached hydrogen (secondary N) is 1. The van der Waals surface area contributed by atoms with Gasteiger partial charge in [-0.3, -0.25) is 9.48 Å². The van der Waals surface area contributed by atoms with Crippen molar-refractivity contribution in [1.29, 1.82) is 0 Å². The maximum atomic E-state index is 12.6. The van der Waals surface area contributed by atoms with Crippen LogP contribution in [0.4, 0.5) is 0 Å². The minimum Gasteiger partial charge on any atom is -0.355 e. The Hall–Kier alpha value is -2.10. The fourth-order valence-corrected chi connectivity index (χ4v) is 4.54. The van der Waals surface area contributed by atoms with Gasteiger partial charge >= 0.3 is 0 Å². The summed E-state index contributed by atoms with van der Waals surface area (Å²) < 4.78 is 1.90. The third kappa shape index (κ3) is 4.42. The van der Waals surface area contributed by atoms with Crippen LogP contribution in [-0.2, 0) is 23.7 Å². The molecular weight excluding hydrogens is 334 g/mol. The lowest BCUT2D eigenvalue weighted by Gasteiger charge is -2.38. The molecule has 1 aromatic carbocycles. The van der Waals surface area contributed by atoms with Gasteiger partial charge in [-0.25, -0.2) is 0 Å². The number of rotatable bonds is 6. The van der Waals surface area contributed by atoms with Crippen LogP contribution in [0.1, 0.15) is 66.6 Å². The second-order valence-electron chi connectivity index (χ2n) is 8.26. The van der Waals surface area contributed by atoms with Crippen LogP contribution in [0.2, 0.25) is 0 Å². The molecule has 1 fully saturated rings. The number of benzene rings is 1. The van der Waals surface area contributed by atoms with E-state index in [1.807, 2.05) is 18.7 Å². The second kappa shape index (κ2) is 8.28. The van der Waals surface area contributed by atoms with Crippen LogP contribution in [0.5, 0.6) is 0 Å². The van der Waals surface area contributed by atoms with Gasteiger partial charge in [0.25, 0.3) is 0 Å². The highest BCUT2D eigenvalue weighted by atomic mass is 16.1. The lowest BCUT2D eigenvalue weighted by molar-refractivity contribution is -0.121. The second-order valence-corrected chi connectivity index (χ2v) is 8.26. The first kappa shape index (κ1) is 19.7. The van der Waals surface area contributed by atoms with E-state index in [1.54, 1.807) is 0 Å². The number of hydrogen-bond donors (Lipinski definition) is 1. The first-order chi connectivity index (χ1) is 12.9. The van der Waals surface area contributed by atoms with Crippen molar-refractivity contribution in [3.05, 3.63) is 52.3 Å². The summed E-state index contributed by atoms with van der Waals surface area (Å²) in [6.45, 7) is 6.99. The first-order valence-electron chi connectivity index (χ1n) is 10.2. The van der Waals surface area contributed by atoms with Crippen molar-refractivity contribution < 1.29 is 4.79 Å². The van der Waals surface area contributed by atoms with Crippen LogP contribution in [0.25, 0.3) is 0 Å². The molecule has 0 bridgehead atoms. The van der Waals surface area contributed by atoms with Crippen LogP contribution >= 0.6 is 0 Å². The van der Waals surface area contributed by atoms with Crippen LogP contribution in [0.15, 0.2) is 24.3 Å². The quantitative estimate of drug-likeness (QED) is 0.827. The average molecular weight is 368 g/mol. The molecule has 1 saturated carbocycles. The fraction of sp³-hybridized carbons (Fsp3) is 0.565. The Morgan fingerprint density at radius 3 is 2.56 bits per heavy atom. The van der Waals surface area contributed by atoms with Crippen LogP contribution in [0, 0.1) is 20.8 Å². The number of carbonyl (C=O) groups is 1. The predicted molar refractivity (Wildman–Crippen MR) is 110 cm³/mol. The summed E-state index contributed by atoms with van der Waals surface area (Å²) in [7, 11) is 1.96. The van der Waals surface area contributed by atoms with Crippen LogP contribution in [-0.4, -0.2) is 22.2 Å². The number of amides is 1. The zero-order valence-electron chi connectivity index (χ0n) is 17.3. The van der Waals surface area contributed by atoms with E-state index in [0.29, 0.717) is 6.42 Å². The van der Waals surface area contributed by atoms with Gasteiger partial charge in [0, 0.05) is 31.1 Å². The molecule has 0 saturated heterocycles. The molecule has 27 heavy (non-hydrogen) atoms. The minimum absolute atomic E-state index is 0.0973. The molecule has 4 nitrogen and oxygen atoms in total. The maximum absolute atomic E-state index is 12.6. The van der Waals surface area contributed by atoms with Gasteiger partial charge in [0.2, 0.25) is 5.91 Å². The Labute approximate surface area is 163 Å². The molecule has 0 aliphatic heterocycles. The first-order valence-corrected chi connectivity index (χ1v) is 10.2. The molecule has 146 valence electrons. The highest BCUT2D eigenvalue weighted by molar-refractivity contribution is 5.76. The molecule has 0 spiro atoms. The van der Waals surface area contributed by atoms with Crippen molar-refractivity contribution in [3.63, 3.8) is 0 Å². The molecule has 0 radical (unpaired) electrons. The summed E-state index contributed by atoms with van der Waals surface area (Å²) >= 11 is 0. The van der Waals surface area contributed by atoms with Crippen molar-refractivity contribution in [2.24, 2.45) is 7.05 Å². The monoisotopic (exact) mass is 367 g/mol. The lowest BCUT2D eigenvalue weighted by Crippen LogP contribution is -2.42.